The van der Waals surface area contributed by atoms with Gasteiger partial charge < -0.3 is 15.4 Å². The van der Waals surface area contributed by atoms with Gasteiger partial charge in [-0.05, 0) is 44.0 Å². The molecule has 2 N–H and O–H groups in total. The lowest BCUT2D eigenvalue weighted by atomic mass is 9.92. The van der Waals surface area contributed by atoms with Crippen LogP contribution < -0.4 is 10.6 Å². The molecule has 30 heavy (non-hydrogen) atoms. The Morgan fingerprint density at radius 3 is 2.37 bits per heavy atom. The molecule has 1 unspecified atom stereocenters. The third-order valence-corrected chi connectivity index (χ3v) is 6.52. The number of ether oxygens (including phenoxy) is 1. The number of amides is 2. The number of carbonyl (C=O) groups excluding carboxylic acids is 2. The van der Waals surface area contributed by atoms with Crippen LogP contribution >= 0.6 is 0 Å². The van der Waals surface area contributed by atoms with Gasteiger partial charge in [0.2, 0.25) is 0 Å². The molecule has 1 aliphatic heterocycles. The molecule has 0 aliphatic carbocycles. The maximum atomic E-state index is 13.0. The molecule has 1 aliphatic rings. The zero-order chi connectivity index (χ0) is 21.9. The highest BCUT2D eigenvalue weighted by Gasteiger charge is 2.36. The van der Waals surface area contributed by atoms with Crippen molar-refractivity contribution in [2.24, 2.45) is 0 Å². The average Bonchev–Trinajstić information content (AvgIpc) is 2.68. The minimum Gasteiger partial charge on any atom is -0.463 e. The van der Waals surface area contributed by atoms with Crippen LogP contribution in [0.25, 0.3) is 0 Å². The lowest BCUT2D eigenvalue weighted by Crippen LogP contribution is -2.47. The summed E-state index contributed by atoms with van der Waals surface area (Å²) in [5.41, 5.74) is 2.58. The van der Waals surface area contributed by atoms with E-state index in [1.165, 1.54) is 12.1 Å². The van der Waals surface area contributed by atoms with Crippen molar-refractivity contribution in [1.29, 1.82) is 0 Å². The van der Waals surface area contributed by atoms with Gasteiger partial charge in [0, 0.05) is 5.70 Å². The summed E-state index contributed by atoms with van der Waals surface area (Å²) >= 11 is 0. The van der Waals surface area contributed by atoms with E-state index in [0.29, 0.717) is 5.56 Å². The largest absolute Gasteiger partial charge is 0.463 e. The summed E-state index contributed by atoms with van der Waals surface area (Å²) in [6.07, 6.45) is 0. The molecule has 0 bridgehead atoms. The zero-order valence-corrected chi connectivity index (χ0v) is 17.9. The van der Waals surface area contributed by atoms with Crippen LogP contribution in [-0.2, 0) is 19.4 Å². The fourth-order valence-corrected chi connectivity index (χ4v) is 4.67. The molecule has 0 saturated heterocycles. The highest BCUT2D eigenvalue weighted by Crippen LogP contribution is 2.31. The van der Waals surface area contributed by atoms with Crippen LogP contribution in [0.2, 0.25) is 0 Å². The Morgan fingerprint density at radius 2 is 1.73 bits per heavy atom. The van der Waals surface area contributed by atoms with Crippen molar-refractivity contribution in [2.75, 3.05) is 12.4 Å². The molecule has 2 amide bonds. The van der Waals surface area contributed by atoms with E-state index in [1.54, 1.807) is 31.2 Å². The second-order valence-corrected chi connectivity index (χ2v) is 9.06. The maximum Gasteiger partial charge on any atom is 0.338 e. The highest BCUT2D eigenvalue weighted by atomic mass is 32.2. The molecule has 0 saturated carbocycles. The van der Waals surface area contributed by atoms with Gasteiger partial charge in [-0.25, -0.2) is 18.0 Å². The first kappa shape index (κ1) is 21.6. The van der Waals surface area contributed by atoms with Gasteiger partial charge in [-0.1, -0.05) is 42.0 Å². The van der Waals surface area contributed by atoms with Gasteiger partial charge in [0.25, 0.3) is 0 Å². The average molecular weight is 429 g/mol. The Morgan fingerprint density at radius 1 is 1.07 bits per heavy atom. The Kier molecular flexibility index (Phi) is 6.26. The Balaban J connectivity index is 2.11. The van der Waals surface area contributed by atoms with Gasteiger partial charge in [0.1, 0.15) is 0 Å². The van der Waals surface area contributed by atoms with Crippen LogP contribution in [-0.4, -0.2) is 32.8 Å². The lowest BCUT2D eigenvalue weighted by Gasteiger charge is -2.30. The van der Waals surface area contributed by atoms with Gasteiger partial charge in [0.05, 0.1) is 28.9 Å². The molecule has 8 heteroatoms. The van der Waals surface area contributed by atoms with E-state index in [9.17, 15) is 18.0 Å². The monoisotopic (exact) mass is 428 g/mol. The third kappa shape index (κ3) is 4.54. The van der Waals surface area contributed by atoms with E-state index in [2.05, 4.69) is 10.6 Å². The minimum atomic E-state index is -3.81. The first-order chi connectivity index (χ1) is 14.2. The molecule has 2 aromatic carbocycles. The van der Waals surface area contributed by atoms with Gasteiger partial charge in [-0.15, -0.1) is 0 Å². The number of hydrogen-bond donors (Lipinski definition) is 2. The highest BCUT2D eigenvalue weighted by molar-refractivity contribution is 7.91. The number of hydrogen-bond acceptors (Lipinski definition) is 5. The molecular formula is C22H24N2O5S. The molecule has 3 rings (SSSR count). The predicted molar refractivity (Wildman–Crippen MR) is 112 cm³/mol. The molecular weight excluding hydrogens is 404 g/mol. The summed E-state index contributed by atoms with van der Waals surface area (Å²) in [5, 5.41) is 5.23. The summed E-state index contributed by atoms with van der Waals surface area (Å²) in [7, 11) is -3.81. The van der Waals surface area contributed by atoms with E-state index in [1.807, 2.05) is 26.0 Å². The molecule has 1 atom stereocenters. The summed E-state index contributed by atoms with van der Waals surface area (Å²) in [4.78, 5) is 25.3. The van der Waals surface area contributed by atoms with Crippen LogP contribution in [0.3, 0.4) is 0 Å². The van der Waals surface area contributed by atoms with Crippen molar-refractivity contribution >= 4 is 21.8 Å². The van der Waals surface area contributed by atoms with E-state index in [0.717, 1.165) is 11.1 Å². The fourth-order valence-electron chi connectivity index (χ4n) is 3.34. The smallest absolute Gasteiger partial charge is 0.338 e. The Hall–Kier alpha value is -3.13. The lowest BCUT2D eigenvalue weighted by molar-refractivity contribution is -0.139. The van der Waals surface area contributed by atoms with E-state index < -0.39 is 33.6 Å². The summed E-state index contributed by atoms with van der Waals surface area (Å²) < 4.78 is 31.2. The Bertz CT molecular complexity index is 1100. The SMILES string of the molecule is CCOC(=O)C1=C(CS(=O)(=O)c2ccc(C)cc2)NC(=O)NC1c1ccccc1C. The molecule has 7 nitrogen and oxygen atoms in total. The minimum absolute atomic E-state index is 0.0195. The number of urea groups is 1. The van der Waals surface area contributed by atoms with Gasteiger partial charge in [0.15, 0.2) is 9.84 Å². The number of aryl methyl sites for hydroxylation is 2. The van der Waals surface area contributed by atoms with Crippen LogP contribution in [0.5, 0.6) is 0 Å². The predicted octanol–water partition coefficient (Wildman–Crippen LogP) is 2.95. The number of nitrogens with one attached hydrogen (secondary N) is 2. The van der Waals surface area contributed by atoms with E-state index in [-0.39, 0.29) is 22.8 Å². The van der Waals surface area contributed by atoms with Crippen molar-refractivity contribution in [1.82, 2.24) is 10.6 Å². The first-order valence-corrected chi connectivity index (χ1v) is 11.2. The quantitative estimate of drug-likeness (QED) is 0.689. The standard InChI is InChI=1S/C22H24N2O5S/c1-4-29-21(25)19-18(13-30(27,28)16-11-9-14(2)10-12-16)23-22(26)24-20(19)17-8-6-5-7-15(17)3/h5-12,20H,4,13H2,1-3H3,(H2,23,24,26). The number of sulfone groups is 1. The summed E-state index contributed by atoms with van der Waals surface area (Å²) in [5.74, 6) is -1.20. The van der Waals surface area contributed by atoms with E-state index in [4.69, 9.17) is 4.74 Å². The second kappa shape index (κ2) is 8.71. The van der Waals surface area contributed by atoms with Crippen LogP contribution in [0, 0.1) is 13.8 Å². The van der Waals surface area contributed by atoms with Crippen molar-refractivity contribution in [2.45, 2.75) is 31.7 Å². The molecule has 0 fully saturated rings. The topological polar surface area (TPSA) is 102 Å². The zero-order valence-electron chi connectivity index (χ0n) is 17.1. The van der Waals surface area contributed by atoms with Crippen LogP contribution in [0.1, 0.15) is 29.7 Å². The molecule has 1 heterocycles. The van der Waals surface area contributed by atoms with Crippen LogP contribution in [0.15, 0.2) is 64.7 Å². The van der Waals surface area contributed by atoms with E-state index >= 15 is 0 Å². The van der Waals surface area contributed by atoms with Crippen molar-refractivity contribution in [3.05, 3.63) is 76.5 Å². The third-order valence-electron chi connectivity index (χ3n) is 4.86. The number of benzene rings is 2. The summed E-state index contributed by atoms with van der Waals surface area (Å²) in [6.45, 7) is 5.50. The van der Waals surface area contributed by atoms with Gasteiger partial charge in [-0.3, -0.25) is 0 Å². The molecule has 2 aromatic rings. The maximum absolute atomic E-state index is 13.0. The molecule has 0 spiro atoms. The van der Waals surface area contributed by atoms with Crippen LogP contribution in [0.4, 0.5) is 4.79 Å². The Labute approximate surface area is 176 Å². The second-order valence-electron chi connectivity index (χ2n) is 7.07. The molecule has 0 aromatic heterocycles. The summed E-state index contributed by atoms with van der Waals surface area (Å²) in [6, 6.07) is 12.3. The molecule has 158 valence electrons. The van der Waals surface area contributed by atoms with Crippen molar-refractivity contribution in [3.8, 4) is 0 Å². The number of rotatable bonds is 6. The van der Waals surface area contributed by atoms with Gasteiger partial charge in [-0.2, -0.15) is 0 Å². The molecule has 0 radical (unpaired) electrons. The normalized spacial score (nSPS) is 16.6. The number of esters is 1. The van der Waals surface area contributed by atoms with Gasteiger partial charge >= 0.3 is 12.0 Å². The fraction of sp³-hybridized carbons (Fsp3) is 0.273. The van der Waals surface area contributed by atoms with Crippen molar-refractivity contribution < 1.29 is 22.7 Å². The first-order valence-electron chi connectivity index (χ1n) is 9.55. The number of carbonyl (C=O) groups is 2. The van der Waals surface area contributed by atoms with Crippen molar-refractivity contribution in [3.63, 3.8) is 0 Å².